The zero-order valence-corrected chi connectivity index (χ0v) is 10.7. The predicted molar refractivity (Wildman–Crippen MR) is 65.9 cm³/mol. The van der Waals surface area contributed by atoms with E-state index in [-0.39, 0.29) is 23.7 Å². The number of nitrogens with zero attached hydrogens (tertiary/aromatic N) is 1. The van der Waals surface area contributed by atoms with E-state index in [0.29, 0.717) is 19.0 Å². The lowest BCUT2D eigenvalue weighted by Gasteiger charge is -2.20. The van der Waals surface area contributed by atoms with Gasteiger partial charge in [-0.1, -0.05) is 12.8 Å². The van der Waals surface area contributed by atoms with Crippen LogP contribution in [0.5, 0.6) is 0 Å². The first-order chi connectivity index (χ1) is 8.66. The van der Waals surface area contributed by atoms with Crippen molar-refractivity contribution in [2.75, 3.05) is 13.1 Å². The van der Waals surface area contributed by atoms with Gasteiger partial charge in [0.15, 0.2) is 0 Å². The lowest BCUT2D eigenvalue weighted by atomic mass is 9.92. The second kappa shape index (κ2) is 4.56. The summed E-state index contributed by atoms with van der Waals surface area (Å²) in [5.74, 6) is 0.149. The van der Waals surface area contributed by atoms with Crippen molar-refractivity contribution in [3.63, 3.8) is 0 Å². The van der Waals surface area contributed by atoms with Crippen molar-refractivity contribution in [1.82, 2.24) is 4.90 Å². The molecular formula is C14H21NO3. The molecule has 2 aliphatic carbocycles. The van der Waals surface area contributed by atoms with Crippen molar-refractivity contribution in [1.29, 1.82) is 0 Å². The molecule has 18 heavy (non-hydrogen) atoms. The van der Waals surface area contributed by atoms with Gasteiger partial charge in [0.1, 0.15) is 0 Å². The predicted octanol–water partition coefficient (Wildman–Crippen LogP) is 1.75. The number of likely N-dealkylation sites (tertiary alicyclic amines) is 1. The summed E-state index contributed by atoms with van der Waals surface area (Å²) in [6.45, 7) is 1.14. The Kier molecular flexibility index (Phi) is 3.04. The third-order valence-electron chi connectivity index (χ3n) is 4.93. The Morgan fingerprint density at radius 1 is 1.00 bits per heavy atom. The quantitative estimate of drug-likeness (QED) is 0.831. The van der Waals surface area contributed by atoms with Crippen LogP contribution < -0.4 is 0 Å². The van der Waals surface area contributed by atoms with Crippen molar-refractivity contribution in [2.24, 2.45) is 23.7 Å². The number of hydrogen-bond donors (Lipinski definition) is 1. The van der Waals surface area contributed by atoms with Gasteiger partial charge in [0, 0.05) is 19.0 Å². The van der Waals surface area contributed by atoms with Crippen LogP contribution in [0.3, 0.4) is 0 Å². The molecule has 2 saturated carbocycles. The van der Waals surface area contributed by atoms with Crippen molar-refractivity contribution >= 4 is 11.9 Å². The van der Waals surface area contributed by atoms with E-state index >= 15 is 0 Å². The number of carboxylic acids is 1. The average Bonchev–Trinajstić information content (AvgIpc) is 2.91. The van der Waals surface area contributed by atoms with Crippen LogP contribution in [0.1, 0.15) is 38.5 Å². The Labute approximate surface area is 107 Å². The molecule has 2 atom stereocenters. The molecule has 0 unspecified atom stereocenters. The fourth-order valence-corrected chi connectivity index (χ4v) is 3.70. The number of carbonyl (C=O) groups is 2. The highest BCUT2D eigenvalue weighted by Gasteiger charge is 2.47. The summed E-state index contributed by atoms with van der Waals surface area (Å²) in [4.78, 5) is 25.5. The van der Waals surface area contributed by atoms with E-state index < -0.39 is 5.97 Å². The molecule has 100 valence electrons. The molecule has 0 aromatic carbocycles. The van der Waals surface area contributed by atoms with Gasteiger partial charge < -0.3 is 10.0 Å². The van der Waals surface area contributed by atoms with Gasteiger partial charge in [-0.2, -0.15) is 0 Å². The van der Waals surface area contributed by atoms with Crippen LogP contribution in [0.15, 0.2) is 0 Å². The lowest BCUT2D eigenvalue weighted by molar-refractivity contribution is -0.143. The van der Waals surface area contributed by atoms with Gasteiger partial charge in [-0.25, -0.2) is 0 Å². The number of hydrogen-bond acceptors (Lipinski definition) is 2. The number of amides is 1. The molecule has 4 nitrogen and oxygen atoms in total. The van der Waals surface area contributed by atoms with E-state index in [1.165, 1.54) is 0 Å². The monoisotopic (exact) mass is 251 g/mol. The molecule has 3 aliphatic rings. The van der Waals surface area contributed by atoms with Crippen LogP contribution in [0, 0.1) is 23.7 Å². The molecule has 0 spiro atoms. The minimum absolute atomic E-state index is 0.178. The Balaban J connectivity index is 1.67. The standard InChI is InChI=1S/C14H21NO3/c16-13(10-3-1-2-4-10)15-7-11(9-5-6-9)12(8-15)14(17)18/h9-12H,1-8H2,(H,17,18)/t11-,12+/m1/s1. The summed E-state index contributed by atoms with van der Waals surface area (Å²) < 4.78 is 0. The van der Waals surface area contributed by atoms with E-state index in [1.807, 2.05) is 4.90 Å². The number of rotatable bonds is 3. The van der Waals surface area contributed by atoms with Crippen LogP contribution in [0.25, 0.3) is 0 Å². The third-order valence-corrected chi connectivity index (χ3v) is 4.93. The average molecular weight is 251 g/mol. The minimum atomic E-state index is -0.714. The first-order valence-corrected chi connectivity index (χ1v) is 7.18. The first kappa shape index (κ1) is 12.0. The summed E-state index contributed by atoms with van der Waals surface area (Å²) in [5.41, 5.74) is 0. The molecule has 1 heterocycles. The molecule has 0 radical (unpaired) electrons. The summed E-state index contributed by atoms with van der Waals surface area (Å²) in [6.07, 6.45) is 6.61. The Hall–Kier alpha value is -1.06. The Bertz CT molecular complexity index is 358. The van der Waals surface area contributed by atoms with E-state index in [0.717, 1.165) is 38.5 Å². The molecule has 1 N–H and O–H groups in total. The van der Waals surface area contributed by atoms with Gasteiger partial charge in [0.2, 0.25) is 5.91 Å². The second-order valence-corrected chi connectivity index (χ2v) is 6.17. The molecule has 1 saturated heterocycles. The molecule has 0 bridgehead atoms. The van der Waals surface area contributed by atoms with Gasteiger partial charge in [-0.05, 0) is 37.5 Å². The van der Waals surface area contributed by atoms with Gasteiger partial charge in [0.05, 0.1) is 5.92 Å². The van der Waals surface area contributed by atoms with Crippen molar-refractivity contribution in [3.05, 3.63) is 0 Å². The Morgan fingerprint density at radius 2 is 1.67 bits per heavy atom. The molecule has 0 aromatic heterocycles. The van der Waals surface area contributed by atoms with Crippen molar-refractivity contribution < 1.29 is 14.7 Å². The zero-order valence-electron chi connectivity index (χ0n) is 10.7. The highest BCUT2D eigenvalue weighted by atomic mass is 16.4. The molecule has 1 amide bonds. The van der Waals surface area contributed by atoms with Gasteiger partial charge >= 0.3 is 5.97 Å². The number of aliphatic carboxylic acids is 1. The largest absolute Gasteiger partial charge is 0.481 e. The molecule has 1 aliphatic heterocycles. The smallest absolute Gasteiger partial charge is 0.308 e. The Morgan fingerprint density at radius 3 is 2.22 bits per heavy atom. The number of carboxylic acid groups (broad SMARTS) is 1. The minimum Gasteiger partial charge on any atom is -0.481 e. The maximum atomic E-state index is 12.3. The third kappa shape index (κ3) is 2.13. The van der Waals surface area contributed by atoms with Gasteiger partial charge in [-0.15, -0.1) is 0 Å². The second-order valence-electron chi connectivity index (χ2n) is 6.17. The highest BCUT2D eigenvalue weighted by molar-refractivity contribution is 5.81. The van der Waals surface area contributed by atoms with Crippen LogP contribution in [0.2, 0.25) is 0 Å². The summed E-state index contributed by atoms with van der Waals surface area (Å²) in [5, 5.41) is 9.29. The molecule has 4 heteroatoms. The van der Waals surface area contributed by atoms with E-state index in [2.05, 4.69) is 0 Å². The van der Waals surface area contributed by atoms with Crippen LogP contribution in [-0.2, 0) is 9.59 Å². The summed E-state index contributed by atoms with van der Waals surface area (Å²) in [7, 11) is 0. The zero-order chi connectivity index (χ0) is 12.7. The molecular weight excluding hydrogens is 230 g/mol. The van der Waals surface area contributed by atoms with E-state index in [1.54, 1.807) is 0 Å². The van der Waals surface area contributed by atoms with Crippen molar-refractivity contribution in [3.8, 4) is 0 Å². The normalized spacial score (nSPS) is 33.0. The topological polar surface area (TPSA) is 57.6 Å². The summed E-state index contributed by atoms with van der Waals surface area (Å²) >= 11 is 0. The van der Waals surface area contributed by atoms with Crippen LogP contribution in [-0.4, -0.2) is 35.0 Å². The first-order valence-electron chi connectivity index (χ1n) is 7.18. The van der Waals surface area contributed by atoms with Gasteiger partial charge in [0.25, 0.3) is 0 Å². The molecule has 0 aromatic rings. The lowest BCUT2D eigenvalue weighted by Crippen LogP contribution is -2.34. The maximum Gasteiger partial charge on any atom is 0.308 e. The fourth-order valence-electron chi connectivity index (χ4n) is 3.70. The van der Waals surface area contributed by atoms with E-state index in [4.69, 9.17) is 0 Å². The highest BCUT2D eigenvalue weighted by Crippen LogP contribution is 2.44. The molecule has 3 fully saturated rings. The molecule has 3 rings (SSSR count). The fraction of sp³-hybridized carbons (Fsp3) is 0.857. The maximum absolute atomic E-state index is 12.3. The summed E-state index contributed by atoms with van der Waals surface area (Å²) in [6, 6.07) is 0. The SMILES string of the molecule is O=C(O)[C@H]1CN(C(=O)C2CCCC2)C[C@@H]1C1CC1. The van der Waals surface area contributed by atoms with Crippen molar-refractivity contribution in [2.45, 2.75) is 38.5 Å². The number of carbonyl (C=O) groups excluding carboxylic acids is 1. The van der Waals surface area contributed by atoms with Crippen LogP contribution in [0.4, 0.5) is 0 Å². The van der Waals surface area contributed by atoms with Crippen LogP contribution >= 0.6 is 0 Å². The van der Waals surface area contributed by atoms with Gasteiger partial charge in [-0.3, -0.25) is 9.59 Å². The van der Waals surface area contributed by atoms with E-state index in [9.17, 15) is 14.7 Å².